The van der Waals surface area contributed by atoms with Gasteiger partial charge in [-0.05, 0) is 56.4 Å². The number of nitrogens with one attached hydrogen (secondary N) is 2. The summed E-state index contributed by atoms with van der Waals surface area (Å²) in [5.41, 5.74) is 5.08. The van der Waals surface area contributed by atoms with Crippen LogP contribution in [0.2, 0.25) is 0 Å². The Labute approximate surface area is 164 Å². The van der Waals surface area contributed by atoms with Gasteiger partial charge in [0, 0.05) is 12.0 Å². The second-order valence-corrected chi connectivity index (χ2v) is 7.13. The second-order valence-electron chi connectivity index (χ2n) is 6.73. The van der Waals surface area contributed by atoms with Gasteiger partial charge in [0.15, 0.2) is 5.11 Å². The Kier molecular flexibility index (Phi) is 5.51. The average Bonchev–Trinajstić information content (AvgIpc) is 2.65. The Hall–Kier alpha value is -2.80. The van der Waals surface area contributed by atoms with E-state index in [-0.39, 0.29) is 5.60 Å². The fourth-order valence-electron chi connectivity index (χ4n) is 2.90. The van der Waals surface area contributed by atoms with E-state index < -0.39 is 0 Å². The van der Waals surface area contributed by atoms with E-state index in [0.29, 0.717) is 17.3 Å². The van der Waals surface area contributed by atoms with Crippen LogP contribution in [0.3, 0.4) is 0 Å². The van der Waals surface area contributed by atoms with Crippen molar-refractivity contribution in [2.75, 3.05) is 19.5 Å². The predicted octanol–water partition coefficient (Wildman–Crippen LogP) is 3.96. The van der Waals surface area contributed by atoms with Crippen LogP contribution in [0.5, 0.6) is 17.2 Å². The average molecular weight is 385 g/mol. The van der Waals surface area contributed by atoms with Crippen LogP contribution < -0.4 is 25.0 Å². The fourth-order valence-corrected chi connectivity index (χ4v) is 3.05. The van der Waals surface area contributed by atoms with Gasteiger partial charge in [0.25, 0.3) is 0 Å². The molecule has 0 aliphatic carbocycles. The largest absolute Gasteiger partial charge is 0.497 e. The van der Waals surface area contributed by atoms with Crippen molar-refractivity contribution in [2.45, 2.75) is 25.9 Å². The van der Waals surface area contributed by atoms with Crippen molar-refractivity contribution in [1.82, 2.24) is 5.43 Å². The molecule has 1 heterocycles. The van der Waals surface area contributed by atoms with Crippen LogP contribution in [0.4, 0.5) is 5.69 Å². The number of rotatable bonds is 4. The summed E-state index contributed by atoms with van der Waals surface area (Å²) in [5, 5.41) is 8.01. The molecule has 1 aliphatic heterocycles. The van der Waals surface area contributed by atoms with E-state index in [9.17, 15) is 0 Å². The van der Waals surface area contributed by atoms with Crippen molar-refractivity contribution >= 4 is 28.7 Å². The summed E-state index contributed by atoms with van der Waals surface area (Å²) < 4.78 is 16.7. The van der Waals surface area contributed by atoms with Crippen molar-refractivity contribution in [3.63, 3.8) is 0 Å². The number of ether oxygens (including phenoxy) is 3. The van der Waals surface area contributed by atoms with Gasteiger partial charge >= 0.3 is 0 Å². The summed E-state index contributed by atoms with van der Waals surface area (Å²) in [6.45, 7) is 4.06. The monoisotopic (exact) mass is 385 g/mol. The smallest absolute Gasteiger partial charge is 0.191 e. The lowest BCUT2D eigenvalue weighted by molar-refractivity contribution is 0.111. The number of hydrazone groups is 1. The van der Waals surface area contributed by atoms with Gasteiger partial charge in [-0.25, -0.2) is 0 Å². The molecule has 0 atom stereocenters. The SMILES string of the molecule is COc1ccc2c(c1)C(=NNC(=S)Nc1ccccc1OC)CC(C)(C)O2. The molecule has 6 nitrogen and oxygen atoms in total. The maximum Gasteiger partial charge on any atom is 0.191 e. The Balaban J connectivity index is 1.81. The molecular formula is C20H23N3O3S. The number of anilines is 1. The molecule has 7 heteroatoms. The second kappa shape index (κ2) is 7.84. The van der Waals surface area contributed by atoms with Crippen molar-refractivity contribution in [3.05, 3.63) is 48.0 Å². The Morgan fingerprint density at radius 3 is 2.67 bits per heavy atom. The van der Waals surface area contributed by atoms with Crippen LogP contribution in [0.1, 0.15) is 25.8 Å². The highest BCUT2D eigenvalue weighted by Crippen LogP contribution is 2.35. The number of para-hydroxylation sites is 2. The lowest BCUT2D eigenvalue weighted by Crippen LogP contribution is -2.37. The molecule has 0 saturated heterocycles. The molecule has 0 fully saturated rings. The summed E-state index contributed by atoms with van der Waals surface area (Å²) in [7, 11) is 3.25. The molecule has 0 saturated carbocycles. The first kappa shape index (κ1) is 19.0. The van der Waals surface area contributed by atoms with Crippen molar-refractivity contribution < 1.29 is 14.2 Å². The van der Waals surface area contributed by atoms with Crippen LogP contribution in [-0.4, -0.2) is 30.6 Å². The minimum absolute atomic E-state index is 0.361. The van der Waals surface area contributed by atoms with Gasteiger partial charge in [0.1, 0.15) is 22.8 Å². The van der Waals surface area contributed by atoms with Gasteiger partial charge in [-0.15, -0.1) is 0 Å². The Morgan fingerprint density at radius 2 is 1.93 bits per heavy atom. The number of hydrogen-bond acceptors (Lipinski definition) is 5. The van der Waals surface area contributed by atoms with E-state index in [2.05, 4.69) is 15.8 Å². The minimum atomic E-state index is -0.361. The summed E-state index contributed by atoms with van der Waals surface area (Å²) in [6, 6.07) is 13.2. The highest BCUT2D eigenvalue weighted by atomic mass is 32.1. The zero-order valence-electron chi connectivity index (χ0n) is 15.8. The van der Waals surface area contributed by atoms with Crippen LogP contribution >= 0.6 is 12.2 Å². The molecule has 0 aromatic heterocycles. The molecule has 0 amide bonds. The molecular weight excluding hydrogens is 362 g/mol. The van der Waals surface area contributed by atoms with Gasteiger partial charge in [0.2, 0.25) is 0 Å². The minimum Gasteiger partial charge on any atom is -0.497 e. The first-order valence-electron chi connectivity index (χ1n) is 8.56. The first-order chi connectivity index (χ1) is 12.9. The van der Waals surface area contributed by atoms with E-state index in [1.807, 2.05) is 56.3 Å². The zero-order chi connectivity index (χ0) is 19.4. The molecule has 0 spiro atoms. The predicted molar refractivity (Wildman–Crippen MR) is 111 cm³/mol. The van der Waals surface area contributed by atoms with Gasteiger partial charge in [-0.1, -0.05) is 12.1 Å². The first-order valence-corrected chi connectivity index (χ1v) is 8.97. The summed E-state index contributed by atoms with van der Waals surface area (Å²) in [5.74, 6) is 2.23. The third-order valence-electron chi connectivity index (χ3n) is 4.12. The van der Waals surface area contributed by atoms with E-state index in [4.69, 9.17) is 26.4 Å². The third-order valence-corrected chi connectivity index (χ3v) is 4.32. The van der Waals surface area contributed by atoms with Crippen molar-refractivity contribution in [3.8, 4) is 17.2 Å². The number of fused-ring (bicyclic) bond motifs is 1. The zero-order valence-corrected chi connectivity index (χ0v) is 16.6. The molecule has 2 N–H and O–H groups in total. The topological polar surface area (TPSA) is 64.1 Å². The summed E-state index contributed by atoms with van der Waals surface area (Å²) in [6.07, 6.45) is 0.636. The Bertz CT molecular complexity index is 881. The summed E-state index contributed by atoms with van der Waals surface area (Å²) >= 11 is 5.38. The molecule has 0 bridgehead atoms. The number of hydrogen-bond donors (Lipinski definition) is 2. The molecule has 2 aromatic carbocycles. The van der Waals surface area contributed by atoms with E-state index >= 15 is 0 Å². The maximum atomic E-state index is 6.05. The maximum absolute atomic E-state index is 6.05. The number of thiocarbonyl (C=S) groups is 1. The summed E-state index contributed by atoms with van der Waals surface area (Å²) in [4.78, 5) is 0. The highest BCUT2D eigenvalue weighted by molar-refractivity contribution is 7.80. The van der Waals surface area contributed by atoms with Crippen molar-refractivity contribution in [2.24, 2.45) is 5.10 Å². The van der Waals surface area contributed by atoms with Gasteiger partial charge in [-0.3, -0.25) is 5.43 Å². The molecule has 142 valence electrons. The van der Waals surface area contributed by atoms with E-state index in [1.165, 1.54) is 0 Å². The quantitative estimate of drug-likeness (QED) is 0.614. The van der Waals surface area contributed by atoms with Crippen molar-refractivity contribution in [1.29, 1.82) is 0 Å². The van der Waals surface area contributed by atoms with Crippen LogP contribution in [0.15, 0.2) is 47.6 Å². The molecule has 0 unspecified atom stereocenters. The molecule has 2 aromatic rings. The molecule has 27 heavy (non-hydrogen) atoms. The number of nitrogens with zero attached hydrogens (tertiary/aromatic N) is 1. The van der Waals surface area contributed by atoms with Crippen LogP contribution in [-0.2, 0) is 0 Å². The fraction of sp³-hybridized carbons (Fsp3) is 0.300. The lowest BCUT2D eigenvalue weighted by atomic mass is 9.92. The van der Waals surface area contributed by atoms with E-state index in [0.717, 1.165) is 28.5 Å². The Morgan fingerprint density at radius 1 is 1.15 bits per heavy atom. The van der Waals surface area contributed by atoms with Gasteiger partial charge < -0.3 is 19.5 Å². The molecule has 0 radical (unpaired) electrons. The van der Waals surface area contributed by atoms with E-state index in [1.54, 1.807) is 14.2 Å². The van der Waals surface area contributed by atoms with Crippen LogP contribution in [0.25, 0.3) is 0 Å². The van der Waals surface area contributed by atoms with Crippen LogP contribution in [0, 0.1) is 0 Å². The third kappa shape index (κ3) is 4.49. The highest BCUT2D eigenvalue weighted by Gasteiger charge is 2.31. The lowest BCUT2D eigenvalue weighted by Gasteiger charge is -2.33. The normalized spacial score (nSPS) is 16.1. The van der Waals surface area contributed by atoms with Gasteiger partial charge in [-0.2, -0.15) is 5.10 Å². The number of methoxy groups -OCH3 is 2. The number of benzene rings is 2. The standard InChI is InChI=1S/C20H23N3O3S/c1-20(2)12-16(14-11-13(24-3)9-10-17(14)26-20)22-23-19(27)21-15-7-5-6-8-18(15)25-4/h5-11H,12H2,1-4H3,(H2,21,23,27). The molecule has 3 rings (SSSR count). The van der Waals surface area contributed by atoms with Gasteiger partial charge in [0.05, 0.1) is 25.6 Å². The molecule has 1 aliphatic rings.